The summed E-state index contributed by atoms with van der Waals surface area (Å²) in [6.07, 6.45) is -0.601. The molecule has 1 amide bonds. The van der Waals surface area contributed by atoms with Gasteiger partial charge >= 0.3 is 0 Å². The van der Waals surface area contributed by atoms with E-state index in [4.69, 9.17) is 9.47 Å². The molecule has 1 rings (SSSR count). The van der Waals surface area contributed by atoms with Gasteiger partial charge in [-0.05, 0) is 28.9 Å². The smallest absolute Gasteiger partial charge is 0.284 e. The maximum absolute atomic E-state index is 12.1. The minimum absolute atomic E-state index is 0.140. The zero-order valence-corrected chi connectivity index (χ0v) is 12.8. The van der Waals surface area contributed by atoms with Crippen LogP contribution in [-0.2, 0) is 9.47 Å². The fourth-order valence-corrected chi connectivity index (χ4v) is 2.28. The first-order chi connectivity index (χ1) is 9.42. The Hall–Kier alpha value is -1.51. The zero-order chi connectivity index (χ0) is 15.3. The number of rotatable bonds is 6. The second-order valence-corrected chi connectivity index (χ2v) is 4.79. The predicted molar refractivity (Wildman–Crippen MR) is 75.5 cm³/mol. The molecule has 0 radical (unpaired) electrons. The maximum atomic E-state index is 12.1. The highest BCUT2D eigenvalue weighted by Crippen LogP contribution is 2.28. The summed E-state index contributed by atoms with van der Waals surface area (Å²) >= 11 is 3.08. The van der Waals surface area contributed by atoms with Crippen LogP contribution >= 0.6 is 15.9 Å². The summed E-state index contributed by atoms with van der Waals surface area (Å²) in [6.45, 7) is 1.71. The number of amides is 1. The summed E-state index contributed by atoms with van der Waals surface area (Å²) in [7, 11) is 2.92. The van der Waals surface area contributed by atoms with Crippen LogP contribution in [0.3, 0.4) is 0 Å². The summed E-state index contributed by atoms with van der Waals surface area (Å²) in [5.41, 5.74) is 0.0114. The van der Waals surface area contributed by atoms with Crippen molar-refractivity contribution in [2.75, 3.05) is 14.2 Å². The Morgan fingerprint density at radius 1 is 1.40 bits per heavy atom. The van der Waals surface area contributed by atoms with Crippen molar-refractivity contribution >= 4 is 27.5 Å². The first kappa shape index (κ1) is 16.5. The van der Waals surface area contributed by atoms with Crippen LogP contribution in [0.2, 0.25) is 0 Å². The van der Waals surface area contributed by atoms with Crippen LogP contribution in [0.25, 0.3) is 0 Å². The van der Waals surface area contributed by atoms with E-state index in [-0.39, 0.29) is 15.7 Å². The van der Waals surface area contributed by atoms with E-state index in [2.05, 4.69) is 21.2 Å². The molecule has 1 unspecified atom stereocenters. The molecular formula is C12H15BrN2O5. The molecule has 1 aromatic rings. The van der Waals surface area contributed by atoms with Gasteiger partial charge in [0, 0.05) is 20.3 Å². The van der Waals surface area contributed by atoms with E-state index in [0.717, 1.165) is 0 Å². The normalized spacial score (nSPS) is 12.2. The molecule has 0 fully saturated rings. The van der Waals surface area contributed by atoms with E-state index >= 15 is 0 Å². The summed E-state index contributed by atoms with van der Waals surface area (Å²) in [5, 5.41) is 13.5. The second-order valence-electron chi connectivity index (χ2n) is 4.00. The van der Waals surface area contributed by atoms with Crippen LogP contribution in [-0.4, -0.2) is 37.4 Å². The van der Waals surface area contributed by atoms with Crippen molar-refractivity contribution in [2.45, 2.75) is 19.3 Å². The Labute approximate surface area is 124 Å². The number of nitro groups is 1. The van der Waals surface area contributed by atoms with Crippen molar-refractivity contribution in [1.29, 1.82) is 0 Å². The quantitative estimate of drug-likeness (QED) is 0.483. The standard InChI is InChI=1S/C12H15BrN2O5/c1-7(12(19-2)20-3)14-11(16)8-5-4-6-9(10(8)13)15(17)18/h4-7,12H,1-3H3,(H,14,16). The monoisotopic (exact) mass is 346 g/mol. The topological polar surface area (TPSA) is 90.7 Å². The molecule has 1 N–H and O–H groups in total. The summed E-state index contributed by atoms with van der Waals surface area (Å²) in [4.78, 5) is 22.4. The molecule has 0 bridgehead atoms. The lowest BCUT2D eigenvalue weighted by Gasteiger charge is -2.22. The first-order valence-electron chi connectivity index (χ1n) is 5.71. The fourth-order valence-electron chi connectivity index (χ4n) is 1.69. The van der Waals surface area contributed by atoms with E-state index in [0.29, 0.717) is 0 Å². The van der Waals surface area contributed by atoms with Crippen LogP contribution in [0, 0.1) is 10.1 Å². The van der Waals surface area contributed by atoms with Gasteiger partial charge in [-0.1, -0.05) is 6.07 Å². The number of halogens is 1. The number of ether oxygens (including phenoxy) is 2. The van der Waals surface area contributed by atoms with Gasteiger partial charge in [-0.3, -0.25) is 14.9 Å². The fraction of sp³-hybridized carbons (Fsp3) is 0.417. The van der Waals surface area contributed by atoms with Crippen molar-refractivity contribution in [3.05, 3.63) is 38.3 Å². The minimum atomic E-state index is -0.601. The molecule has 20 heavy (non-hydrogen) atoms. The Kier molecular flexibility index (Phi) is 6.05. The van der Waals surface area contributed by atoms with Crippen molar-refractivity contribution in [2.24, 2.45) is 0 Å². The van der Waals surface area contributed by atoms with Gasteiger partial charge in [0.2, 0.25) is 0 Å². The Morgan fingerprint density at radius 2 is 2.00 bits per heavy atom. The SMILES string of the molecule is COC(OC)C(C)NC(=O)c1cccc([N+](=O)[O-])c1Br. The molecule has 7 nitrogen and oxygen atoms in total. The Balaban J connectivity index is 2.93. The van der Waals surface area contributed by atoms with Gasteiger partial charge in [-0.2, -0.15) is 0 Å². The second kappa shape index (κ2) is 7.32. The molecule has 0 aliphatic rings. The third-order valence-electron chi connectivity index (χ3n) is 2.65. The molecule has 0 aromatic heterocycles. The van der Waals surface area contributed by atoms with Crippen LogP contribution < -0.4 is 5.32 Å². The summed E-state index contributed by atoms with van der Waals surface area (Å²) in [5.74, 6) is -0.452. The van der Waals surface area contributed by atoms with Gasteiger partial charge in [0.05, 0.1) is 16.5 Å². The van der Waals surface area contributed by atoms with E-state index in [1.54, 1.807) is 6.92 Å². The van der Waals surface area contributed by atoms with E-state index < -0.39 is 23.2 Å². The number of carbonyl (C=O) groups is 1. The van der Waals surface area contributed by atoms with E-state index in [9.17, 15) is 14.9 Å². The van der Waals surface area contributed by atoms with Gasteiger partial charge < -0.3 is 14.8 Å². The average Bonchev–Trinajstić information content (AvgIpc) is 2.39. The molecule has 110 valence electrons. The van der Waals surface area contributed by atoms with Crippen LogP contribution in [0.15, 0.2) is 22.7 Å². The molecule has 0 saturated carbocycles. The van der Waals surface area contributed by atoms with Gasteiger partial charge in [-0.25, -0.2) is 0 Å². The first-order valence-corrected chi connectivity index (χ1v) is 6.51. The molecule has 0 aliphatic carbocycles. The van der Waals surface area contributed by atoms with Crippen LogP contribution in [0.1, 0.15) is 17.3 Å². The van der Waals surface area contributed by atoms with Gasteiger partial charge in [0.15, 0.2) is 6.29 Å². The molecule has 1 aromatic carbocycles. The van der Waals surface area contributed by atoms with Gasteiger partial charge in [0.25, 0.3) is 11.6 Å². The van der Waals surface area contributed by atoms with Crippen molar-refractivity contribution < 1.29 is 19.2 Å². The molecule has 0 heterocycles. The minimum Gasteiger partial charge on any atom is -0.354 e. The molecule has 0 aliphatic heterocycles. The number of methoxy groups -OCH3 is 2. The van der Waals surface area contributed by atoms with Crippen LogP contribution in [0.5, 0.6) is 0 Å². The zero-order valence-electron chi connectivity index (χ0n) is 11.3. The largest absolute Gasteiger partial charge is 0.354 e. The highest BCUT2D eigenvalue weighted by atomic mass is 79.9. The number of nitrogens with one attached hydrogen (secondary N) is 1. The lowest BCUT2D eigenvalue weighted by Crippen LogP contribution is -2.43. The molecule has 1 atom stereocenters. The average molecular weight is 347 g/mol. The Morgan fingerprint density at radius 3 is 2.50 bits per heavy atom. The van der Waals surface area contributed by atoms with Crippen molar-refractivity contribution in [1.82, 2.24) is 5.32 Å². The number of nitrogens with zero attached hydrogens (tertiary/aromatic N) is 1. The lowest BCUT2D eigenvalue weighted by molar-refractivity contribution is -0.385. The summed E-state index contributed by atoms with van der Waals surface area (Å²) in [6, 6.07) is 3.85. The highest BCUT2D eigenvalue weighted by molar-refractivity contribution is 9.10. The lowest BCUT2D eigenvalue weighted by atomic mass is 10.1. The van der Waals surface area contributed by atoms with Gasteiger partial charge in [-0.15, -0.1) is 0 Å². The third-order valence-corrected chi connectivity index (χ3v) is 3.48. The van der Waals surface area contributed by atoms with Crippen molar-refractivity contribution in [3.8, 4) is 0 Å². The number of carbonyl (C=O) groups excluding carboxylic acids is 1. The van der Waals surface area contributed by atoms with Crippen LogP contribution in [0.4, 0.5) is 5.69 Å². The Bertz CT molecular complexity index is 505. The van der Waals surface area contributed by atoms with E-state index in [1.807, 2.05) is 0 Å². The molecule has 8 heteroatoms. The number of nitro benzene ring substituents is 1. The molecular weight excluding hydrogens is 332 g/mol. The number of hydrogen-bond acceptors (Lipinski definition) is 5. The van der Waals surface area contributed by atoms with Crippen molar-refractivity contribution in [3.63, 3.8) is 0 Å². The number of benzene rings is 1. The maximum Gasteiger partial charge on any atom is 0.284 e. The molecule has 0 spiro atoms. The molecule has 0 saturated heterocycles. The summed E-state index contributed by atoms with van der Waals surface area (Å²) < 4.78 is 10.2. The highest BCUT2D eigenvalue weighted by Gasteiger charge is 2.23. The number of hydrogen-bond donors (Lipinski definition) is 1. The van der Waals surface area contributed by atoms with E-state index in [1.165, 1.54) is 32.4 Å². The third kappa shape index (κ3) is 3.75. The predicted octanol–water partition coefficient (Wildman–Crippen LogP) is 2.09. The van der Waals surface area contributed by atoms with Gasteiger partial charge in [0.1, 0.15) is 4.47 Å².